The first-order chi connectivity index (χ1) is 18.6. The normalized spacial score (nSPS) is 15.5. The summed E-state index contributed by atoms with van der Waals surface area (Å²) < 4.78 is 29.8. The number of aromatic nitrogens is 1. The maximum atomic E-state index is 14.1. The number of benzene rings is 3. The number of anilines is 2. The van der Waals surface area contributed by atoms with E-state index in [0.29, 0.717) is 16.8 Å². The van der Waals surface area contributed by atoms with E-state index in [-0.39, 0.29) is 29.3 Å². The van der Waals surface area contributed by atoms with Crippen molar-refractivity contribution in [2.75, 3.05) is 10.3 Å². The molecule has 1 aliphatic rings. The summed E-state index contributed by atoms with van der Waals surface area (Å²) in [5.74, 6) is -5.73. The monoisotopic (exact) mass is 528 g/mol. The average Bonchev–Trinajstić information content (AvgIpc) is 3.48. The van der Waals surface area contributed by atoms with Crippen LogP contribution in [0.4, 0.5) is 20.2 Å². The van der Waals surface area contributed by atoms with Crippen molar-refractivity contribution in [1.29, 1.82) is 0 Å². The van der Waals surface area contributed by atoms with Gasteiger partial charge in [-0.3, -0.25) is 19.0 Å². The molecule has 1 aliphatic heterocycles. The minimum atomic E-state index is -3.03. The van der Waals surface area contributed by atoms with Gasteiger partial charge in [-0.2, -0.15) is 10.1 Å². The summed E-state index contributed by atoms with van der Waals surface area (Å²) in [7, 11) is 0. The Morgan fingerprint density at radius 3 is 2.46 bits per heavy atom. The zero-order valence-corrected chi connectivity index (χ0v) is 21.6. The summed E-state index contributed by atoms with van der Waals surface area (Å²) >= 11 is 0. The lowest BCUT2D eigenvalue weighted by Crippen LogP contribution is -2.36. The number of hydrazone groups is 1. The van der Waals surface area contributed by atoms with Crippen molar-refractivity contribution in [3.63, 3.8) is 0 Å². The maximum absolute atomic E-state index is 14.1. The van der Waals surface area contributed by atoms with Crippen LogP contribution in [-0.4, -0.2) is 28.0 Å². The smallest absolute Gasteiger partial charge is 0.273 e. The van der Waals surface area contributed by atoms with Crippen molar-refractivity contribution in [3.05, 3.63) is 95.7 Å². The highest BCUT2D eigenvalue weighted by atomic mass is 19.3. The molecule has 5 rings (SSSR count). The molecule has 0 radical (unpaired) electrons. The highest BCUT2D eigenvalue weighted by Gasteiger charge is 2.40. The molecule has 1 unspecified atom stereocenters. The number of aryl methyl sites for hydroxylation is 1. The molecule has 39 heavy (non-hydrogen) atoms. The first kappa shape index (κ1) is 26.0. The predicted octanol–water partition coefficient (Wildman–Crippen LogP) is 6.12. The van der Waals surface area contributed by atoms with Crippen molar-refractivity contribution in [3.8, 4) is 0 Å². The summed E-state index contributed by atoms with van der Waals surface area (Å²) in [4.78, 5) is 39.5. The third-order valence-corrected chi connectivity index (χ3v) is 6.83. The number of hydrogen-bond acceptors (Lipinski definition) is 4. The van der Waals surface area contributed by atoms with Crippen LogP contribution in [0.3, 0.4) is 0 Å². The van der Waals surface area contributed by atoms with Crippen LogP contribution in [0, 0.1) is 12.8 Å². The van der Waals surface area contributed by atoms with E-state index in [1.807, 2.05) is 19.1 Å². The number of carbonyl (C=O) groups excluding carboxylic acids is 3. The largest absolute Gasteiger partial charge is 0.325 e. The molecule has 1 aromatic heterocycles. The molecule has 4 aromatic rings. The Balaban J connectivity index is 1.39. The molecule has 7 nitrogen and oxygen atoms in total. The number of nitrogens with zero attached hydrogens (tertiary/aromatic N) is 3. The number of nitrogens with one attached hydrogen (secondary N) is 1. The number of rotatable bonds is 6. The Labute approximate surface area is 223 Å². The van der Waals surface area contributed by atoms with Crippen molar-refractivity contribution >= 4 is 45.7 Å². The van der Waals surface area contributed by atoms with Gasteiger partial charge in [0.1, 0.15) is 0 Å². The van der Waals surface area contributed by atoms with Crippen molar-refractivity contribution in [2.24, 2.45) is 11.0 Å². The molecule has 1 N–H and O–H groups in total. The molecular formula is C30H26F2N4O3. The second-order valence-corrected chi connectivity index (χ2v) is 9.55. The van der Waals surface area contributed by atoms with Crippen LogP contribution in [0.5, 0.6) is 0 Å². The van der Waals surface area contributed by atoms with Crippen molar-refractivity contribution in [2.45, 2.75) is 33.1 Å². The van der Waals surface area contributed by atoms with E-state index < -0.39 is 23.7 Å². The lowest BCUT2D eigenvalue weighted by atomic mass is 10.0. The molecule has 0 saturated carbocycles. The minimum absolute atomic E-state index is 0.165. The molecule has 1 atom stereocenters. The van der Waals surface area contributed by atoms with Gasteiger partial charge in [0.15, 0.2) is 5.92 Å². The molecule has 2 amide bonds. The number of carbonyl (C=O) groups is 3. The highest BCUT2D eigenvalue weighted by Crippen LogP contribution is 2.33. The number of amides is 2. The van der Waals surface area contributed by atoms with Gasteiger partial charge in [-0.1, -0.05) is 42.8 Å². The molecule has 9 heteroatoms. The third kappa shape index (κ3) is 4.83. The Kier molecular flexibility index (Phi) is 6.59. The van der Waals surface area contributed by atoms with E-state index in [4.69, 9.17) is 0 Å². The zero-order chi connectivity index (χ0) is 27.9. The maximum Gasteiger partial charge on any atom is 0.273 e. The lowest BCUT2D eigenvalue weighted by molar-refractivity contribution is -0.127. The van der Waals surface area contributed by atoms with E-state index in [1.54, 1.807) is 49.5 Å². The Bertz CT molecular complexity index is 1640. The molecule has 0 fully saturated rings. The van der Waals surface area contributed by atoms with Crippen LogP contribution in [0.25, 0.3) is 10.9 Å². The predicted molar refractivity (Wildman–Crippen MR) is 146 cm³/mol. The SMILES string of the molecule is CCC(F)(F)c1cccc(NC(=O)C2C(=O)N(c3ccc4ccn(C(=O)c5ccc(C)cc5)c4c3)N=C2C)c1. The number of halogens is 2. The van der Waals surface area contributed by atoms with E-state index in [1.165, 1.54) is 35.8 Å². The topological polar surface area (TPSA) is 83.8 Å². The molecular weight excluding hydrogens is 502 g/mol. The van der Waals surface area contributed by atoms with Gasteiger partial charge in [-0.05, 0) is 56.3 Å². The lowest BCUT2D eigenvalue weighted by Gasteiger charge is -2.17. The second-order valence-electron chi connectivity index (χ2n) is 9.55. The first-order valence-corrected chi connectivity index (χ1v) is 12.5. The summed E-state index contributed by atoms with van der Waals surface area (Å²) in [6.07, 6.45) is 1.29. The fourth-order valence-corrected chi connectivity index (χ4v) is 4.56. The van der Waals surface area contributed by atoms with Gasteiger partial charge in [0.05, 0.1) is 16.9 Å². The Morgan fingerprint density at radius 2 is 1.74 bits per heavy atom. The molecule has 0 spiro atoms. The summed E-state index contributed by atoms with van der Waals surface area (Å²) in [6.45, 7) is 4.88. The molecule has 0 saturated heterocycles. The molecule has 198 valence electrons. The van der Waals surface area contributed by atoms with E-state index in [9.17, 15) is 23.2 Å². The highest BCUT2D eigenvalue weighted by molar-refractivity contribution is 6.29. The van der Waals surface area contributed by atoms with E-state index in [2.05, 4.69) is 10.4 Å². The quantitative estimate of drug-likeness (QED) is 0.306. The van der Waals surface area contributed by atoms with Gasteiger partial charge in [0, 0.05) is 34.8 Å². The number of hydrogen-bond donors (Lipinski definition) is 1. The minimum Gasteiger partial charge on any atom is -0.325 e. The standard InChI is InChI=1S/C30H26F2N4O3/c1-4-30(31,32)22-6-5-7-23(16-22)33-27(37)26-19(3)34-36(29(26)39)24-13-12-20-14-15-35(25(20)17-24)28(38)21-10-8-18(2)9-11-21/h5-17,26H,4H2,1-3H3,(H,33,37). The molecule has 0 aliphatic carbocycles. The Morgan fingerprint density at radius 1 is 1.00 bits per heavy atom. The van der Waals surface area contributed by atoms with Crippen LogP contribution in [0.2, 0.25) is 0 Å². The van der Waals surface area contributed by atoms with Crippen molar-refractivity contribution < 1.29 is 23.2 Å². The third-order valence-electron chi connectivity index (χ3n) is 6.83. The van der Waals surface area contributed by atoms with Gasteiger partial charge in [0.25, 0.3) is 17.7 Å². The summed E-state index contributed by atoms with van der Waals surface area (Å²) in [5, 5.41) is 8.82. The summed E-state index contributed by atoms with van der Waals surface area (Å²) in [6, 6.07) is 19.6. The molecule has 0 bridgehead atoms. The second kappa shape index (κ2) is 9.90. The van der Waals surface area contributed by atoms with Gasteiger partial charge in [-0.25, -0.2) is 8.78 Å². The van der Waals surface area contributed by atoms with Gasteiger partial charge >= 0.3 is 0 Å². The van der Waals surface area contributed by atoms with Crippen molar-refractivity contribution in [1.82, 2.24) is 4.57 Å². The van der Waals surface area contributed by atoms with Gasteiger partial charge in [-0.15, -0.1) is 0 Å². The van der Waals surface area contributed by atoms with Crippen LogP contribution < -0.4 is 10.3 Å². The average molecular weight is 529 g/mol. The molecule has 2 heterocycles. The van der Waals surface area contributed by atoms with Crippen LogP contribution in [-0.2, 0) is 15.5 Å². The van der Waals surface area contributed by atoms with E-state index in [0.717, 1.165) is 16.0 Å². The van der Waals surface area contributed by atoms with Crippen LogP contribution >= 0.6 is 0 Å². The summed E-state index contributed by atoms with van der Waals surface area (Å²) in [5.41, 5.74) is 2.74. The van der Waals surface area contributed by atoms with Crippen LogP contribution in [0.1, 0.15) is 41.8 Å². The Hall–Kier alpha value is -4.66. The zero-order valence-electron chi connectivity index (χ0n) is 21.6. The fourth-order valence-electron chi connectivity index (χ4n) is 4.56. The van der Waals surface area contributed by atoms with Gasteiger partial charge in [0.2, 0.25) is 5.91 Å². The molecule has 3 aromatic carbocycles. The first-order valence-electron chi connectivity index (χ1n) is 12.5. The fraction of sp³-hybridized carbons (Fsp3) is 0.200. The van der Waals surface area contributed by atoms with Crippen LogP contribution in [0.15, 0.2) is 84.1 Å². The number of alkyl halides is 2. The number of fused-ring (bicyclic) bond motifs is 1. The van der Waals surface area contributed by atoms with Gasteiger partial charge < -0.3 is 5.32 Å². The van der Waals surface area contributed by atoms with E-state index >= 15 is 0 Å².